The second-order valence-electron chi connectivity index (χ2n) is 3.75. The first-order chi connectivity index (χ1) is 7.09. The molecule has 4 nitrogen and oxygen atoms in total. The van der Waals surface area contributed by atoms with E-state index in [0.29, 0.717) is 5.92 Å². The first-order valence-electron chi connectivity index (χ1n) is 4.75. The zero-order valence-electron chi connectivity index (χ0n) is 8.60. The van der Waals surface area contributed by atoms with Crippen molar-refractivity contribution in [1.29, 1.82) is 0 Å². The lowest BCUT2D eigenvalue weighted by Gasteiger charge is -2.04. The van der Waals surface area contributed by atoms with Crippen molar-refractivity contribution in [2.45, 2.75) is 26.2 Å². The summed E-state index contributed by atoms with van der Waals surface area (Å²) in [5, 5.41) is 10.8. The molecule has 2 aromatic heterocycles. The number of aliphatic carboxylic acids is 1. The summed E-state index contributed by atoms with van der Waals surface area (Å²) in [7, 11) is 0. The van der Waals surface area contributed by atoms with Crippen molar-refractivity contribution in [1.82, 2.24) is 9.38 Å². The van der Waals surface area contributed by atoms with Gasteiger partial charge in [-0.2, -0.15) is 0 Å². The van der Waals surface area contributed by atoms with Crippen LogP contribution in [0.25, 0.3) is 4.96 Å². The zero-order valence-corrected chi connectivity index (χ0v) is 9.41. The van der Waals surface area contributed by atoms with Gasteiger partial charge in [-0.05, 0) is 5.92 Å². The molecule has 0 saturated carbocycles. The molecule has 0 aliphatic heterocycles. The second-order valence-corrected chi connectivity index (χ2v) is 4.59. The Kier molecular flexibility index (Phi) is 2.48. The number of nitrogens with zero attached hydrogens (tertiary/aromatic N) is 2. The predicted octanol–water partition coefficient (Wildman–Crippen LogP) is 2.15. The lowest BCUT2D eigenvalue weighted by Crippen LogP contribution is -2.05. The molecule has 0 radical (unpaired) electrons. The van der Waals surface area contributed by atoms with Gasteiger partial charge in [0.05, 0.1) is 18.3 Å². The summed E-state index contributed by atoms with van der Waals surface area (Å²) in [6.45, 7) is 4.18. The van der Waals surface area contributed by atoms with Crippen molar-refractivity contribution in [2.24, 2.45) is 0 Å². The lowest BCUT2D eigenvalue weighted by atomic mass is 10.1. The van der Waals surface area contributed by atoms with Gasteiger partial charge in [0.2, 0.25) is 0 Å². The Hall–Kier alpha value is -1.36. The van der Waals surface area contributed by atoms with Crippen molar-refractivity contribution >= 4 is 22.3 Å². The number of imidazole rings is 1. The van der Waals surface area contributed by atoms with E-state index in [1.807, 2.05) is 9.78 Å². The van der Waals surface area contributed by atoms with E-state index in [1.54, 1.807) is 17.5 Å². The summed E-state index contributed by atoms with van der Waals surface area (Å²) in [5.74, 6) is -0.446. The molecule has 0 bridgehead atoms. The third-order valence-electron chi connectivity index (χ3n) is 2.27. The minimum Gasteiger partial charge on any atom is -0.481 e. The molecule has 0 amide bonds. The Balaban J connectivity index is 2.55. The van der Waals surface area contributed by atoms with Crippen molar-refractivity contribution in [2.75, 3.05) is 0 Å². The maximum atomic E-state index is 10.7. The standard InChI is InChI=1S/C10H12N2O2S/c1-6(2)8-5-15-10-11-4-7(12(8)10)3-9(13)14/h4-6H,3H2,1-2H3,(H,13,14). The maximum Gasteiger partial charge on any atom is 0.309 e. The van der Waals surface area contributed by atoms with Crippen LogP contribution in [0.2, 0.25) is 0 Å². The Morgan fingerprint density at radius 1 is 1.67 bits per heavy atom. The second kappa shape index (κ2) is 3.66. The van der Waals surface area contributed by atoms with E-state index in [-0.39, 0.29) is 6.42 Å². The van der Waals surface area contributed by atoms with Gasteiger partial charge >= 0.3 is 5.97 Å². The van der Waals surface area contributed by atoms with Crippen LogP contribution in [-0.2, 0) is 11.2 Å². The maximum absolute atomic E-state index is 10.7. The summed E-state index contributed by atoms with van der Waals surface area (Å²) in [6, 6.07) is 0. The fourth-order valence-corrected chi connectivity index (χ4v) is 2.61. The Morgan fingerprint density at radius 2 is 2.40 bits per heavy atom. The molecule has 0 aliphatic carbocycles. The normalized spacial score (nSPS) is 11.4. The fraction of sp³-hybridized carbons (Fsp3) is 0.400. The number of fused-ring (bicyclic) bond motifs is 1. The zero-order chi connectivity index (χ0) is 11.0. The first-order valence-corrected chi connectivity index (χ1v) is 5.63. The van der Waals surface area contributed by atoms with Gasteiger partial charge < -0.3 is 5.11 Å². The number of hydrogen-bond donors (Lipinski definition) is 1. The molecule has 2 rings (SSSR count). The molecule has 2 aromatic rings. The highest BCUT2D eigenvalue weighted by Crippen LogP contribution is 2.24. The van der Waals surface area contributed by atoms with Crippen LogP contribution < -0.4 is 0 Å². The molecule has 0 fully saturated rings. The third-order valence-corrected chi connectivity index (χ3v) is 3.13. The first kappa shape index (κ1) is 10.2. The molecule has 2 heterocycles. The van der Waals surface area contributed by atoms with E-state index in [2.05, 4.69) is 18.8 Å². The van der Waals surface area contributed by atoms with E-state index in [9.17, 15) is 4.79 Å². The average Bonchev–Trinajstić information content (AvgIpc) is 2.66. The highest BCUT2D eigenvalue weighted by Gasteiger charge is 2.14. The number of rotatable bonds is 3. The molecular weight excluding hydrogens is 212 g/mol. The minimum absolute atomic E-state index is 0.0254. The number of carboxylic acid groups (broad SMARTS) is 1. The van der Waals surface area contributed by atoms with Gasteiger partial charge in [-0.3, -0.25) is 9.20 Å². The molecule has 5 heteroatoms. The van der Waals surface area contributed by atoms with Gasteiger partial charge in [-0.25, -0.2) is 4.98 Å². The molecule has 80 valence electrons. The van der Waals surface area contributed by atoms with Crippen LogP contribution in [0, 0.1) is 0 Å². The number of thiazole rings is 1. The molecule has 0 aliphatic rings. The van der Waals surface area contributed by atoms with E-state index in [1.165, 1.54) is 0 Å². The van der Waals surface area contributed by atoms with Gasteiger partial charge in [0.1, 0.15) is 0 Å². The molecule has 0 atom stereocenters. The van der Waals surface area contributed by atoms with Gasteiger partial charge in [-0.1, -0.05) is 13.8 Å². The summed E-state index contributed by atoms with van der Waals surface area (Å²) in [6.07, 6.45) is 1.67. The highest BCUT2D eigenvalue weighted by atomic mass is 32.1. The number of hydrogen-bond acceptors (Lipinski definition) is 3. The van der Waals surface area contributed by atoms with E-state index in [0.717, 1.165) is 16.3 Å². The summed E-state index contributed by atoms with van der Waals surface area (Å²) >= 11 is 1.55. The van der Waals surface area contributed by atoms with Crippen LogP contribution in [-0.4, -0.2) is 20.5 Å². The SMILES string of the molecule is CC(C)c1csc2ncc(CC(=O)O)n12. The monoisotopic (exact) mass is 224 g/mol. The number of carbonyl (C=O) groups is 1. The van der Waals surface area contributed by atoms with Gasteiger partial charge in [0.25, 0.3) is 0 Å². The topological polar surface area (TPSA) is 54.6 Å². The van der Waals surface area contributed by atoms with Gasteiger partial charge in [-0.15, -0.1) is 11.3 Å². The minimum atomic E-state index is -0.822. The molecule has 15 heavy (non-hydrogen) atoms. The average molecular weight is 224 g/mol. The van der Waals surface area contributed by atoms with Crippen LogP contribution in [0.1, 0.15) is 31.2 Å². The quantitative estimate of drug-likeness (QED) is 0.869. The van der Waals surface area contributed by atoms with Crippen LogP contribution in [0.4, 0.5) is 0 Å². The van der Waals surface area contributed by atoms with Crippen LogP contribution in [0.3, 0.4) is 0 Å². The van der Waals surface area contributed by atoms with Crippen molar-refractivity contribution in [3.8, 4) is 0 Å². The van der Waals surface area contributed by atoms with Crippen molar-refractivity contribution in [3.63, 3.8) is 0 Å². The summed E-state index contributed by atoms with van der Waals surface area (Å²) in [5.41, 5.74) is 1.88. The highest BCUT2D eigenvalue weighted by molar-refractivity contribution is 7.15. The number of carboxylic acids is 1. The molecular formula is C10H12N2O2S. The Bertz CT molecular complexity index is 498. The van der Waals surface area contributed by atoms with Crippen LogP contribution >= 0.6 is 11.3 Å². The van der Waals surface area contributed by atoms with Gasteiger partial charge in [0, 0.05) is 11.1 Å². The summed E-state index contributed by atoms with van der Waals surface area (Å²) < 4.78 is 1.95. The van der Waals surface area contributed by atoms with E-state index < -0.39 is 5.97 Å². The Morgan fingerprint density at radius 3 is 3.00 bits per heavy atom. The van der Waals surface area contributed by atoms with Gasteiger partial charge in [0.15, 0.2) is 4.96 Å². The van der Waals surface area contributed by atoms with E-state index >= 15 is 0 Å². The molecule has 0 saturated heterocycles. The number of aromatic nitrogens is 2. The third kappa shape index (κ3) is 1.74. The van der Waals surface area contributed by atoms with Crippen molar-refractivity contribution < 1.29 is 9.90 Å². The largest absolute Gasteiger partial charge is 0.481 e. The fourth-order valence-electron chi connectivity index (χ4n) is 1.57. The van der Waals surface area contributed by atoms with E-state index in [4.69, 9.17) is 5.11 Å². The lowest BCUT2D eigenvalue weighted by molar-refractivity contribution is -0.136. The predicted molar refractivity (Wildman–Crippen MR) is 58.5 cm³/mol. The summed E-state index contributed by atoms with van der Waals surface area (Å²) in [4.78, 5) is 15.7. The molecule has 0 unspecified atom stereocenters. The molecule has 1 N–H and O–H groups in total. The smallest absolute Gasteiger partial charge is 0.309 e. The Labute approximate surface area is 91.2 Å². The van der Waals surface area contributed by atoms with Crippen LogP contribution in [0.5, 0.6) is 0 Å². The van der Waals surface area contributed by atoms with Crippen LogP contribution in [0.15, 0.2) is 11.6 Å². The molecule has 0 spiro atoms. The van der Waals surface area contributed by atoms with Crippen molar-refractivity contribution in [3.05, 3.63) is 23.0 Å². The molecule has 0 aromatic carbocycles.